The van der Waals surface area contributed by atoms with Gasteiger partial charge in [0.25, 0.3) is 0 Å². The van der Waals surface area contributed by atoms with Gasteiger partial charge in [-0.15, -0.1) is 0 Å². The molecule has 0 bridgehead atoms. The highest BCUT2D eigenvalue weighted by Crippen LogP contribution is 2.22. The molecule has 0 radical (unpaired) electrons. The Morgan fingerprint density at radius 1 is 1.06 bits per heavy atom. The molecular weight excluding hydrogens is 360 g/mol. The van der Waals surface area contributed by atoms with Crippen molar-refractivity contribution in [3.63, 3.8) is 0 Å². The van der Waals surface area contributed by atoms with Crippen molar-refractivity contribution in [2.24, 2.45) is 0 Å². The van der Waals surface area contributed by atoms with Crippen LogP contribution in [0.15, 0.2) is 51.4 Å². The molecule has 2 rings (SSSR count). The second-order valence-electron chi connectivity index (χ2n) is 3.81. The van der Waals surface area contributed by atoms with Crippen LogP contribution in [0.1, 0.15) is 15.9 Å². The van der Waals surface area contributed by atoms with Crippen molar-refractivity contribution in [2.45, 2.75) is 6.92 Å². The molecule has 0 N–H and O–H groups in total. The molecule has 0 saturated heterocycles. The van der Waals surface area contributed by atoms with Gasteiger partial charge in [-0.3, -0.25) is 0 Å². The summed E-state index contributed by atoms with van der Waals surface area (Å²) in [5.74, 6) is 0.188. The molecule has 0 aliphatic heterocycles. The number of hydrogen-bond donors (Lipinski definition) is 0. The van der Waals surface area contributed by atoms with Crippen LogP contribution in [0.5, 0.6) is 5.75 Å². The number of esters is 1. The summed E-state index contributed by atoms with van der Waals surface area (Å²) in [5.41, 5.74) is 1.55. The normalized spacial score (nSPS) is 10.2. The molecule has 0 fully saturated rings. The predicted molar refractivity (Wildman–Crippen MR) is 78.0 cm³/mol. The number of ether oxygens (including phenoxy) is 1. The van der Waals surface area contributed by atoms with Gasteiger partial charge in [-0.05, 0) is 55.0 Å². The molecule has 4 heteroatoms. The highest BCUT2D eigenvalue weighted by molar-refractivity contribution is 9.10. The molecule has 0 spiro atoms. The SMILES string of the molecule is Cc1cc(OC(=O)c2ccc(Br)cc2)ccc1Br. The van der Waals surface area contributed by atoms with Crippen molar-refractivity contribution >= 4 is 37.8 Å². The lowest BCUT2D eigenvalue weighted by molar-refractivity contribution is 0.0734. The average molecular weight is 370 g/mol. The second-order valence-corrected chi connectivity index (χ2v) is 5.58. The maximum Gasteiger partial charge on any atom is 0.343 e. The minimum atomic E-state index is -0.357. The zero-order valence-electron chi connectivity index (χ0n) is 9.61. The summed E-state index contributed by atoms with van der Waals surface area (Å²) in [6.45, 7) is 1.95. The van der Waals surface area contributed by atoms with Gasteiger partial charge >= 0.3 is 5.97 Å². The van der Waals surface area contributed by atoms with Gasteiger partial charge in [-0.25, -0.2) is 4.79 Å². The van der Waals surface area contributed by atoms with E-state index in [1.807, 2.05) is 31.2 Å². The van der Waals surface area contributed by atoms with Crippen LogP contribution in [0, 0.1) is 6.92 Å². The number of benzene rings is 2. The first-order valence-electron chi connectivity index (χ1n) is 5.30. The first-order chi connectivity index (χ1) is 8.56. The van der Waals surface area contributed by atoms with Gasteiger partial charge in [0.1, 0.15) is 5.75 Å². The Bertz CT molecular complexity index is 577. The maximum absolute atomic E-state index is 11.9. The summed E-state index contributed by atoms with van der Waals surface area (Å²) in [6.07, 6.45) is 0. The number of halogens is 2. The molecule has 0 atom stereocenters. The third kappa shape index (κ3) is 3.21. The van der Waals surface area contributed by atoms with E-state index in [0.29, 0.717) is 11.3 Å². The number of rotatable bonds is 2. The van der Waals surface area contributed by atoms with E-state index >= 15 is 0 Å². The smallest absolute Gasteiger partial charge is 0.343 e. The zero-order valence-corrected chi connectivity index (χ0v) is 12.8. The fourth-order valence-corrected chi connectivity index (χ4v) is 1.94. The van der Waals surface area contributed by atoms with Crippen LogP contribution in [0.2, 0.25) is 0 Å². The lowest BCUT2D eigenvalue weighted by Gasteiger charge is -2.06. The molecule has 0 aromatic heterocycles. The molecule has 92 valence electrons. The quantitative estimate of drug-likeness (QED) is 0.564. The van der Waals surface area contributed by atoms with Crippen molar-refractivity contribution in [2.75, 3.05) is 0 Å². The molecule has 0 heterocycles. The third-order valence-electron chi connectivity index (χ3n) is 2.42. The van der Waals surface area contributed by atoms with Gasteiger partial charge < -0.3 is 4.74 Å². The Morgan fingerprint density at radius 2 is 1.72 bits per heavy atom. The van der Waals surface area contributed by atoms with Crippen LogP contribution in [-0.4, -0.2) is 5.97 Å². The van der Waals surface area contributed by atoms with E-state index in [-0.39, 0.29) is 5.97 Å². The standard InChI is InChI=1S/C14H10Br2O2/c1-9-8-12(6-7-13(9)16)18-14(17)10-2-4-11(15)5-3-10/h2-8H,1H3. The summed E-state index contributed by atoms with van der Waals surface area (Å²) >= 11 is 6.72. The molecule has 0 aliphatic rings. The van der Waals surface area contributed by atoms with Crippen LogP contribution in [0.3, 0.4) is 0 Å². The highest BCUT2D eigenvalue weighted by atomic mass is 79.9. The minimum Gasteiger partial charge on any atom is -0.423 e. The Hall–Kier alpha value is -1.13. The van der Waals surface area contributed by atoms with Gasteiger partial charge in [-0.1, -0.05) is 31.9 Å². The van der Waals surface area contributed by atoms with Gasteiger partial charge in [-0.2, -0.15) is 0 Å². The first kappa shape index (κ1) is 13.3. The lowest BCUT2D eigenvalue weighted by Crippen LogP contribution is -2.08. The average Bonchev–Trinajstić information content (AvgIpc) is 2.34. The molecule has 0 unspecified atom stereocenters. The van der Waals surface area contributed by atoms with Gasteiger partial charge in [0.15, 0.2) is 0 Å². The zero-order chi connectivity index (χ0) is 13.1. The Kier molecular flexibility index (Phi) is 4.19. The number of hydrogen-bond acceptors (Lipinski definition) is 2. The molecular formula is C14H10Br2O2. The number of carbonyl (C=O) groups is 1. The van der Waals surface area contributed by atoms with Crippen molar-refractivity contribution < 1.29 is 9.53 Å². The highest BCUT2D eigenvalue weighted by Gasteiger charge is 2.08. The molecule has 2 aromatic carbocycles. The summed E-state index contributed by atoms with van der Waals surface area (Å²) in [4.78, 5) is 11.9. The first-order valence-corrected chi connectivity index (χ1v) is 6.89. The van der Waals surface area contributed by atoms with E-state index in [4.69, 9.17) is 4.74 Å². The largest absolute Gasteiger partial charge is 0.423 e. The fraction of sp³-hybridized carbons (Fsp3) is 0.0714. The van der Waals surface area contributed by atoms with Crippen LogP contribution in [0.25, 0.3) is 0 Å². The van der Waals surface area contributed by atoms with E-state index in [1.165, 1.54) is 0 Å². The summed E-state index contributed by atoms with van der Waals surface area (Å²) in [6, 6.07) is 12.5. The van der Waals surface area contributed by atoms with E-state index in [9.17, 15) is 4.79 Å². The van der Waals surface area contributed by atoms with Crippen LogP contribution in [0.4, 0.5) is 0 Å². The van der Waals surface area contributed by atoms with Crippen LogP contribution >= 0.6 is 31.9 Å². The van der Waals surface area contributed by atoms with Crippen molar-refractivity contribution in [3.05, 3.63) is 62.5 Å². The Balaban J connectivity index is 2.16. The molecule has 18 heavy (non-hydrogen) atoms. The van der Waals surface area contributed by atoms with Crippen molar-refractivity contribution in [1.29, 1.82) is 0 Å². The molecule has 0 saturated carbocycles. The topological polar surface area (TPSA) is 26.3 Å². The van der Waals surface area contributed by atoms with E-state index < -0.39 is 0 Å². The summed E-state index contributed by atoms with van der Waals surface area (Å²) in [7, 11) is 0. The van der Waals surface area contributed by atoms with Crippen molar-refractivity contribution in [1.82, 2.24) is 0 Å². The van der Waals surface area contributed by atoms with Gasteiger partial charge in [0.05, 0.1) is 5.56 Å². The fourth-order valence-electron chi connectivity index (χ4n) is 1.43. The maximum atomic E-state index is 11.9. The Labute approximate surface area is 122 Å². The molecule has 0 aliphatic carbocycles. The van der Waals surface area contributed by atoms with Crippen molar-refractivity contribution in [3.8, 4) is 5.75 Å². The summed E-state index contributed by atoms with van der Waals surface area (Å²) in [5, 5.41) is 0. The Morgan fingerprint density at radius 3 is 2.33 bits per heavy atom. The monoisotopic (exact) mass is 368 g/mol. The van der Waals surface area contributed by atoms with Crippen LogP contribution in [-0.2, 0) is 0 Å². The molecule has 2 aromatic rings. The summed E-state index contributed by atoms with van der Waals surface area (Å²) < 4.78 is 7.22. The molecule has 2 nitrogen and oxygen atoms in total. The van der Waals surface area contributed by atoms with E-state index in [2.05, 4.69) is 31.9 Å². The third-order valence-corrected chi connectivity index (χ3v) is 3.84. The van der Waals surface area contributed by atoms with Gasteiger partial charge in [0.2, 0.25) is 0 Å². The van der Waals surface area contributed by atoms with E-state index in [0.717, 1.165) is 14.5 Å². The van der Waals surface area contributed by atoms with Gasteiger partial charge in [0, 0.05) is 8.95 Å². The minimum absolute atomic E-state index is 0.357. The predicted octanol–water partition coefficient (Wildman–Crippen LogP) is 4.74. The second kappa shape index (κ2) is 5.67. The number of carbonyl (C=O) groups excluding carboxylic acids is 1. The van der Waals surface area contributed by atoms with E-state index in [1.54, 1.807) is 18.2 Å². The molecule has 0 amide bonds. The number of aryl methyl sites for hydroxylation is 1. The van der Waals surface area contributed by atoms with Crippen LogP contribution < -0.4 is 4.74 Å². The lowest BCUT2D eigenvalue weighted by atomic mass is 10.2.